The average molecular weight is 389 g/mol. The monoisotopic (exact) mass is 389 g/mol. The first-order valence-corrected chi connectivity index (χ1v) is 10.2. The first kappa shape index (κ1) is 16.8. The van der Waals surface area contributed by atoms with E-state index in [-0.39, 0.29) is 0 Å². The van der Waals surface area contributed by atoms with Crippen molar-refractivity contribution in [2.75, 3.05) is 24.6 Å². The standard InChI is InChI=1S/C21H23N7O/c1-2-29-16-7-17(20-18-9-23-25-21(18)26-28(20)12-16)13-3-6-19(22-8-13)27-10-14-4-5-15(11-27)24-14/h3,6-9,12,14-15,24H,2,4-5,10-11H2,1H3,(H,25,26)/t14-,15+. The highest BCUT2D eigenvalue weighted by molar-refractivity contribution is 6.00. The molecular weight excluding hydrogens is 366 g/mol. The summed E-state index contributed by atoms with van der Waals surface area (Å²) >= 11 is 0. The lowest BCUT2D eigenvalue weighted by Crippen LogP contribution is -2.51. The number of nitrogens with zero attached hydrogens (tertiary/aromatic N) is 5. The molecule has 0 amide bonds. The van der Waals surface area contributed by atoms with Crippen molar-refractivity contribution in [1.82, 2.24) is 30.1 Å². The Morgan fingerprint density at radius 2 is 2.03 bits per heavy atom. The van der Waals surface area contributed by atoms with Gasteiger partial charge in [0.1, 0.15) is 11.6 Å². The predicted molar refractivity (Wildman–Crippen MR) is 111 cm³/mol. The Morgan fingerprint density at radius 3 is 2.79 bits per heavy atom. The number of pyridine rings is 2. The number of hydrogen-bond acceptors (Lipinski definition) is 6. The van der Waals surface area contributed by atoms with Gasteiger partial charge in [0.15, 0.2) is 5.65 Å². The molecule has 2 fully saturated rings. The smallest absolute Gasteiger partial charge is 0.178 e. The molecular formula is C21H23N7O. The number of hydrogen-bond donors (Lipinski definition) is 2. The van der Waals surface area contributed by atoms with Crippen LogP contribution in [-0.4, -0.2) is 56.6 Å². The van der Waals surface area contributed by atoms with Gasteiger partial charge in [0.25, 0.3) is 0 Å². The Balaban J connectivity index is 1.42. The molecule has 2 saturated heterocycles. The second-order valence-corrected chi connectivity index (χ2v) is 7.90. The average Bonchev–Trinajstić information content (AvgIpc) is 3.42. The van der Waals surface area contributed by atoms with Crippen LogP contribution in [0.3, 0.4) is 0 Å². The van der Waals surface area contributed by atoms with Crippen molar-refractivity contribution in [3.05, 3.63) is 36.8 Å². The molecule has 2 aliphatic rings. The third-order valence-corrected chi connectivity index (χ3v) is 6.01. The molecule has 2 atom stereocenters. The van der Waals surface area contributed by atoms with Crippen molar-refractivity contribution < 1.29 is 4.74 Å². The van der Waals surface area contributed by atoms with E-state index >= 15 is 0 Å². The molecule has 0 aliphatic carbocycles. The van der Waals surface area contributed by atoms with Gasteiger partial charge in [-0.25, -0.2) is 9.50 Å². The number of H-pyrrole nitrogens is 1. The fraction of sp³-hybridized carbons (Fsp3) is 0.381. The third-order valence-electron chi connectivity index (χ3n) is 6.01. The minimum absolute atomic E-state index is 0.596. The van der Waals surface area contributed by atoms with E-state index < -0.39 is 0 Å². The number of nitrogens with one attached hydrogen (secondary N) is 2. The quantitative estimate of drug-likeness (QED) is 0.558. The summed E-state index contributed by atoms with van der Waals surface area (Å²) in [6.07, 6.45) is 8.23. The summed E-state index contributed by atoms with van der Waals surface area (Å²) in [7, 11) is 0. The van der Waals surface area contributed by atoms with Gasteiger partial charge in [-0.15, -0.1) is 5.10 Å². The van der Waals surface area contributed by atoms with Crippen LogP contribution in [0.15, 0.2) is 36.8 Å². The summed E-state index contributed by atoms with van der Waals surface area (Å²) in [5, 5.41) is 16.4. The Morgan fingerprint density at radius 1 is 1.17 bits per heavy atom. The van der Waals surface area contributed by atoms with Gasteiger partial charge < -0.3 is 15.0 Å². The van der Waals surface area contributed by atoms with Gasteiger partial charge >= 0.3 is 0 Å². The Bertz CT molecular complexity index is 1170. The molecule has 2 bridgehead atoms. The number of fused-ring (bicyclic) bond motifs is 5. The molecule has 4 aromatic rings. The van der Waals surface area contributed by atoms with E-state index in [2.05, 4.69) is 43.7 Å². The van der Waals surface area contributed by atoms with Crippen LogP contribution in [0.25, 0.3) is 27.7 Å². The number of aromatic nitrogens is 5. The summed E-state index contributed by atoms with van der Waals surface area (Å²) in [5.74, 6) is 1.84. The number of anilines is 1. The first-order chi connectivity index (χ1) is 14.3. The van der Waals surface area contributed by atoms with E-state index in [4.69, 9.17) is 9.72 Å². The maximum Gasteiger partial charge on any atom is 0.178 e. The van der Waals surface area contributed by atoms with Crippen LogP contribution in [0.5, 0.6) is 5.75 Å². The van der Waals surface area contributed by atoms with Crippen molar-refractivity contribution in [3.8, 4) is 16.9 Å². The van der Waals surface area contributed by atoms with Crippen molar-refractivity contribution in [1.29, 1.82) is 0 Å². The molecule has 8 nitrogen and oxygen atoms in total. The fourth-order valence-corrected chi connectivity index (χ4v) is 4.72. The predicted octanol–water partition coefficient (Wildman–Crippen LogP) is 2.61. The minimum atomic E-state index is 0.596. The molecule has 2 aliphatic heterocycles. The normalized spacial score (nSPS) is 21.3. The van der Waals surface area contributed by atoms with Gasteiger partial charge in [-0.2, -0.15) is 5.10 Å². The highest BCUT2D eigenvalue weighted by Crippen LogP contribution is 2.33. The van der Waals surface area contributed by atoms with E-state index in [0.717, 1.165) is 52.3 Å². The summed E-state index contributed by atoms with van der Waals surface area (Å²) < 4.78 is 7.64. The molecule has 148 valence electrons. The van der Waals surface area contributed by atoms with E-state index in [0.29, 0.717) is 18.7 Å². The molecule has 6 rings (SSSR count). The SMILES string of the molecule is CCOc1cc(-c2ccc(N3C[C@H]4CC[C@@H](C3)N4)nc2)c2c3cn[nH]c3nn2c1. The Hall–Kier alpha value is -3.13. The molecule has 8 heteroatoms. The van der Waals surface area contributed by atoms with Gasteiger partial charge in [-0.3, -0.25) is 5.10 Å². The van der Waals surface area contributed by atoms with Crippen LogP contribution in [0.4, 0.5) is 5.82 Å². The highest BCUT2D eigenvalue weighted by Gasteiger charge is 2.32. The van der Waals surface area contributed by atoms with Crippen LogP contribution in [-0.2, 0) is 0 Å². The maximum atomic E-state index is 5.78. The summed E-state index contributed by atoms with van der Waals surface area (Å²) in [5.41, 5.74) is 3.86. The topological polar surface area (TPSA) is 83.4 Å². The molecule has 0 aromatic carbocycles. The molecule has 0 spiro atoms. The van der Waals surface area contributed by atoms with Crippen molar-refractivity contribution >= 4 is 22.4 Å². The third kappa shape index (κ3) is 2.74. The van der Waals surface area contributed by atoms with Gasteiger partial charge in [-0.05, 0) is 38.0 Å². The lowest BCUT2D eigenvalue weighted by molar-refractivity contribution is 0.338. The maximum absolute atomic E-state index is 5.78. The number of ether oxygens (including phenoxy) is 1. The van der Waals surface area contributed by atoms with Gasteiger partial charge in [0.2, 0.25) is 0 Å². The summed E-state index contributed by atoms with van der Waals surface area (Å²) in [6.45, 7) is 4.66. The lowest BCUT2D eigenvalue weighted by atomic mass is 10.1. The van der Waals surface area contributed by atoms with E-state index in [1.54, 1.807) is 0 Å². The van der Waals surface area contributed by atoms with E-state index in [9.17, 15) is 0 Å². The van der Waals surface area contributed by atoms with Crippen LogP contribution < -0.4 is 15.0 Å². The molecule has 0 radical (unpaired) electrons. The largest absolute Gasteiger partial charge is 0.492 e. The highest BCUT2D eigenvalue weighted by atomic mass is 16.5. The molecule has 0 unspecified atom stereocenters. The van der Waals surface area contributed by atoms with Gasteiger partial charge in [0, 0.05) is 42.5 Å². The van der Waals surface area contributed by atoms with Crippen LogP contribution in [0.2, 0.25) is 0 Å². The lowest BCUT2D eigenvalue weighted by Gasteiger charge is -2.33. The zero-order valence-electron chi connectivity index (χ0n) is 16.3. The van der Waals surface area contributed by atoms with Crippen molar-refractivity contribution in [2.45, 2.75) is 31.8 Å². The van der Waals surface area contributed by atoms with Crippen molar-refractivity contribution in [2.24, 2.45) is 0 Å². The Labute approximate surface area is 167 Å². The summed E-state index contributed by atoms with van der Waals surface area (Å²) in [6, 6.07) is 7.54. The van der Waals surface area contributed by atoms with Crippen molar-refractivity contribution in [3.63, 3.8) is 0 Å². The van der Waals surface area contributed by atoms with Gasteiger partial charge in [-0.1, -0.05) is 0 Å². The fourth-order valence-electron chi connectivity index (χ4n) is 4.72. The molecule has 2 N–H and O–H groups in total. The number of piperazine rings is 1. The number of rotatable bonds is 4. The summed E-state index contributed by atoms with van der Waals surface area (Å²) in [4.78, 5) is 7.22. The molecule has 0 saturated carbocycles. The second-order valence-electron chi connectivity index (χ2n) is 7.90. The molecule has 4 aromatic heterocycles. The van der Waals surface area contributed by atoms with Crippen LogP contribution in [0, 0.1) is 0 Å². The first-order valence-electron chi connectivity index (χ1n) is 10.2. The number of aromatic amines is 1. The molecule has 6 heterocycles. The second kappa shape index (κ2) is 6.45. The Kier molecular flexibility index (Phi) is 3.73. The minimum Gasteiger partial charge on any atom is -0.492 e. The van der Waals surface area contributed by atoms with E-state index in [1.165, 1.54) is 12.8 Å². The zero-order chi connectivity index (χ0) is 19.4. The zero-order valence-corrected chi connectivity index (χ0v) is 16.3. The van der Waals surface area contributed by atoms with Crippen LogP contribution in [0.1, 0.15) is 19.8 Å². The van der Waals surface area contributed by atoms with Gasteiger partial charge in [0.05, 0.1) is 29.9 Å². The van der Waals surface area contributed by atoms with E-state index in [1.807, 2.05) is 30.0 Å². The van der Waals surface area contributed by atoms with Crippen LogP contribution >= 0.6 is 0 Å². The molecule has 29 heavy (non-hydrogen) atoms.